The molecule has 2 atom stereocenters. The summed E-state index contributed by atoms with van der Waals surface area (Å²) in [6.45, 7) is 6.91. The van der Waals surface area contributed by atoms with Gasteiger partial charge in [0.15, 0.2) is 0 Å². The summed E-state index contributed by atoms with van der Waals surface area (Å²) in [4.78, 5) is 2.09. The van der Waals surface area contributed by atoms with E-state index in [9.17, 15) is 17.6 Å². The van der Waals surface area contributed by atoms with Crippen molar-refractivity contribution in [2.24, 2.45) is 5.92 Å². The average Bonchev–Trinajstić information content (AvgIpc) is 2.49. The fraction of sp³-hybridized carbons (Fsp3) is 0.625. The minimum absolute atomic E-state index is 0.0797. The van der Waals surface area contributed by atoms with Gasteiger partial charge in [0.2, 0.25) is 0 Å². The summed E-state index contributed by atoms with van der Waals surface area (Å²) < 4.78 is 53.4. The fourth-order valence-corrected chi connectivity index (χ4v) is 3.04. The Morgan fingerprint density at radius 1 is 1.23 bits per heavy atom. The van der Waals surface area contributed by atoms with Crippen LogP contribution < -0.4 is 5.32 Å². The van der Waals surface area contributed by atoms with Gasteiger partial charge in [-0.25, -0.2) is 4.39 Å². The Kier molecular flexibility index (Phi) is 5.45. The highest BCUT2D eigenvalue weighted by molar-refractivity contribution is 5.31. The molecular weight excluding hydrogens is 296 g/mol. The number of benzene rings is 1. The molecule has 1 fully saturated rings. The van der Waals surface area contributed by atoms with Crippen molar-refractivity contribution >= 4 is 0 Å². The minimum atomic E-state index is -4.66. The number of hydrogen-bond acceptors (Lipinski definition) is 2. The molecule has 1 N–H and O–H groups in total. The van der Waals surface area contributed by atoms with E-state index >= 15 is 0 Å². The van der Waals surface area contributed by atoms with Gasteiger partial charge in [0, 0.05) is 37.8 Å². The van der Waals surface area contributed by atoms with Crippen molar-refractivity contribution in [3.05, 3.63) is 35.1 Å². The SMILES string of the molecule is CCC(C)[C@@H](c1cccc(C(F)(F)F)c1F)N1CCNCC1. The normalized spacial score (nSPS) is 19.9. The number of nitrogens with one attached hydrogen (secondary N) is 1. The Hall–Kier alpha value is -1.14. The molecule has 6 heteroatoms. The predicted molar refractivity (Wildman–Crippen MR) is 78.0 cm³/mol. The Balaban J connectivity index is 2.43. The average molecular weight is 318 g/mol. The lowest BCUT2D eigenvalue weighted by Gasteiger charge is -2.38. The molecule has 0 aromatic heterocycles. The first kappa shape index (κ1) is 17.2. The number of hydrogen-bond donors (Lipinski definition) is 1. The Morgan fingerprint density at radius 2 is 1.86 bits per heavy atom. The summed E-state index contributed by atoms with van der Waals surface area (Å²) in [5.41, 5.74) is -1.01. The molecular formula is C16H22F4N2. The number of piperazine rings is 1. The van der Waals surface area contributed by atoms with Crippen LogP contribution in [0.5, 0.6) is 0 Å². The van der Waals surface area contributed by atoms with Crippen molar-refractivity contribution in [1.82, 2.24) is 10.2 Å². The third-order valence-corrected chi connectivity index (χ3v) is 4.38. The van der Waals surface area contributed by atoms with E-state index < -0.39 is 17.6 Å². The van der Waals surface area contributed by atoms with E-state index in [-0.39, 0.29) is 17.5 Å². The van der Waals surface area contributed by atoms with Gasteiger partial charge in [-0.3, -0.25) is 4.90 Å². The molecule has 0 aliphatic carbocycles. The highest BCUT2D eigenvalue weighted by Gasteiger charge is 2.37. The lowest BCUT2D eigenvalue weighted by Crippen LogP contribution is -2.46. The van der Waals surface area contributed by atoms with Crippen molar-refractivity contribution in [3.8, 4) is 0 Å². The molecule has 1 saturated heterocycles. The van der Waals surface area contributed by atoms with Crippen molar-refractivity contribution in [2.45, 2.75) is 32.5 Å². The van der Waals surface area contributed by atoms with Crippen LogP contribution in [0.2, 0.25) is 0 Å². The zero-order chi connectivity index (χ0) is 16.3. The van der Waals surface area contributed by atoms with Crippen LogP contribution in [0.4, 0.5) is 17.6 Å². The van der Waals surface area contributed by atoms with Crippen molar-refractivity contribution in [2.75, 3.05) is 26.2 Å². The molecule has 1 heterocycles. The largest absolute Gasteiger partial charge is 0.419 e. The molecule has 2 rings (SSSR count). The zero-order valence-electron chi connectivity index (χ0n) is 12.9. The second kappa shape index (κ2) is 6.96. The number of alkyl halides is 3. The standard InChI is InChI=1S/C16H22F4N2/c1-3-11(2)15(22-9-7-21-8-10-22)12-5-4-6-13(14(12)17)16(18,19)20/h4-6,11,15,21H,3,7-10H2,1-2H3/t11?,15-/m0/s1. The smallest absolute Gasteiger partial charge is 0.314 e. The lowest BCUT2D eigenvalue weighted by atomic mass is 9.89. The second-order valence-corrected chi connectivity index (χ2v) is 5.82. The topological polar surface area (TPSA) is 15.3 Å². The van der Waals surface area contributed by atoms with Crippen molar-refractivity contribution in [1.29, 1.82) is 0 Å². The molecule has 1 aromatic rings. The molecule has 1 aliphatic rings. The number of nitrogens with zero attached hydrogens (tertiary/aromatic N) is 1. The van der Waals surface area contributed by atoms with Gasteiger partial charge in [-0.15, -0.1) is 0 Å². The van der Waals surface area contributed by atoms with Gasteiger partial charge in [-0.2, -0.15) is 13.2 Å². The Labute approximate surface area is 128 Å². The van der Waals surface area contributed by atoms with Crippen molar-refractivity contribution in [3.63, 3.8) is 0 Å². The monoisotopic (exact) mass is 318 g/mol. The van der Waals surface area contributed by atoms with Gasteiger partial charge in [-0.05, 0) is 12.0 Å². The summed E-state index contributed by atoms with van der Waals surface area (Å²) in [5.74, 6) is -1.05. The maximum Gasteiger partial charge on any atom is 0.419 e. The third kappa shape index (κ3) is 3.60. The number of halogens is 4. The first-order chi connectivity index (χ1) is 10.4. The van der Waals surface area contributed by atoms with Gasteiger partial charge in [-0.1, -0.05) is 32.4 Å². The predicted octanol–water partition coefficient (Wildman–Crippen LogP) is 3.84. The molecule has 1 aliphatic heterocycles. The van der Waals surface area contributed by atoms with Gasteiger partial charge in [0.05, 0.1) is 5.56 Å². The molecule has 22 heavy (non-hydrogen) atoms. The van der Waals surface area contributed by atoms with E-state index in [1.807, 2.05) is 13.8 Å². The maximum absolute atomic E-state index is 14.5. The highest BCUT2D eigenvalue weighted by Crippen LogP contribution is 2.38. The molecule has 0 saturated carbocycles. The van der Waals surface area contributed by atoms with E-state index in [2.05, 4.69) is 10.2 Å². The van der Waals surface area contributed by atoms with E-state index in [0.29, 0.717) is 13.1 Å². The molecule has 1 unspecified atom stereocenters. The molecule has 1 aromatic carbocycles. The number of rotatable bonds is 4. The summed E-state index contributed by atoms with van der Waals surface area (Å²) >= 11 is 0. The highest BCUT2D eigenvalue weighted by atomic mass is 19.4. The molecule has 2 nitrogen and oxygen atoms in total. The van der Waals surface area contributed by atoms with E-state index in [1.165, 1.54) is 12.1 Å². The van der Waals surface area contributed by atoms with Crippen LogP contribution in [0, 0.1) is 11.7 Å². The summed E-state index contributed by atoms with van der Waals surface area (Å²) in [7, 11) is 0. The first-order valence-corrected chi connectivity index (χ1v) is 7.66. The summed E-state index contributed by atoms with van der Waals surface area (Å²) in [6.07, 6.45) is -3.88. The van der Waals surface area contributed by atoms with Crippen LogP contribution in [-0.2, 0) is 6.18 Å². The maximum atomic E-state index is 14.5. The van der Waals surface area contributed by atoms with Gasteiger partial charge in [0.25, 0.3) is 0 Å². The second-order valence-electron chi connectivity index (χ2n) is 5.82. The summed E-state index contributed by atoms with van der Waals surface area (Å²) in [5, 5.41) is 3.21. The van der Waals surface area contributed by atoms with Crippen LogP contribution in [0.1, 0.15) is 37.4 Å². The zero-order valence-corrected chi connectivity index (χ0v) is 12.9. The third-order valence-electron chi connectivity index (χ3n) is 4.38. The first-order valence-electron chi connectivity index (χ1n) is 7.66. The quantitative estimate of drug-likeness (QED) is 0.849. The molecule has 124 valence electrons. The molecule has 0 spiro atoms. The van der Waals surface area contributed by atoms with E-state index in [4.69, 9.17) is 0 Å². The van der Waals surface area contributed by atoms with E-state index in [0.717, 1.165) is 25.6 Å². The molecule has 0 amide bonds. The lowest BCUT2D eigenvalue weighted by molar-refractivity contribution is -0.140. The minimum Gasteiger partial charge on any atom is -0.314 e. The van der Waals surface area contributed by atoms with Crippen LogP contribution >= 0.6 is 0 Å². The molecule has 0 radical (unpaired) electrons. The van der Waals surface area contributed by atoms with E-state index in [1.54, 1.807) is 0 Å². The van der Waals surface area contributed by atoms with Gasteiger partial charge >= 0.3 is 6.18 Å². The van der Waals surface area contributed by atoms with Crippen LogP contribution in [-0.4, -0.2) is 31.1 Å². The van der Waals surface area contributed by atoms with Crippen LogP contribution in [0.15, 0.2) is 18.2 Å². The Bertz CT molecular complexity index is 495. The van der Waals surface area contributed by atoms with Gasteiger partial charge < -0.3 is 5.32 Å². The van der Waals surface area contributed by atoms with Gasteiger partial charge in [0.1, 0.15) is 5.82 Å². The van der Waals surface area contributed by atoms with Crippen molar-refractivity contribution < 1.29 is 17.6 Å². The summed E-state index contributed by atoms with van der Waals surface area (Å²) in [6, 6.07) is 3.28. The Morgan fingerprint density at radius 3 is 2.41 bits per heavy atom. The fourth-order valence-electron chi connectivity index (χ4n) is 3.04. The van der Waals surface area contributed by atoms with Crippen LogP contribution in [0.25, 0.3) is 0 Å². The molecule has 0 bridgehead atoms. The van der Waals surface area contributed by atoms with Crippen LogP contribution in [0.3, 0.4) is 0 Å².